The minimum Gasteiger partial charge on any atom is -1.00 e. The molecule has 0 aliphatic heterocycles. The van der Waals surface area contributed by atoms with Crippen molar-refractivity contribution in [3.8, 4) is 0 Å². The average Bonchev–Trinajstić information content (AvgIpc) is 3.26. The molecule has 2 radical (unpaired) electrons. The molecule has 0 aliphatic rings. The van der Waals surface area contributed by atoms with Crippen molar-refractivity contribution < 1.29 is 51.0 Å². The summed E-state index contributed by atoms with van der Waals surface area (Å²) in [5.41, 5.74) is 1.51. The first-order chi connectivity index (χ1) is 12.4. The van der Waals surface area contributed by atoms with Gasteiger partial charge in [0.25, 0.3) is 0 Å². The van der Waals surface area contributed by atoms with Gasteiger partial charge in [0.15, 0.2) is 0 Å². The van der Waals surface area contributed by atoms with Crippen molar-refractivity contribution >= 4 is 39.1 Å². The van der Waals surface area contributed by atoms with Crippen LogP contribution in [0, 0.1) is 29.7 Å². The van der Waals surface area contributed by atoms with Gasteiger partial charge in [-0.1, -0.05) is 74.5 Å². The molecule has 0 N–H and O–H groups in total. The van der Waals surface area contributed by atoms with E-state index in [0.29, 0.717) is 0 Å². The van der Waals surface area contributed by atoms with Gasteiger partial charge < -0.3 is 54.5 Å². The first-order valence-electron chi connectivity index (χ1n) is 9.27. The Morgan fingerprint density at radius 3 is 1.85 bits per heavy atom. The Balaban J connectivity index is -0.0000000845. The monoisotopic (exact) mass is 594 g/mol. The van der Waals surface area contributed by atoms with Crippen LogP contribution in [0.4, 0.5) is 0 Å². The topological polar surface area (TPSA) is 0 Å². The predicted molar refractivity (Wildman–Crippen MR) is 149 cm³/mol. The number of fused-ring (bicyclic) bond motifs is 3. The maximum atomic E-state index is 2.40. The summed E-state index contributed by atoms with van der Waals surface area (Å²) in [6.45, 7) is 11.5. The molecule has 4 aromatic rings. The van der Waals surface area contributed by atoms with E-state index in [2.05, 4.69) is 112 Å². The molecule has 4 aromatic carbocycles. The molecular formula is C28H42Cl2Si2Zr-8. The molecule has 0 unspecified atom stereocenters. The van der Waals surface area contributed by atoms with Gasteiger partial charge in [-0.05, 0) is 5.39 Å². The molecular weight excluding hydrogens is 555 g/mol. The van der Waals surface area contributed by atoms with Gasteiger partial charge in [0.1, 0.15) is 0 Å². The Kier molecular flexibility index (Phi) is 32.5. The normalized spacial score (nSPS) is 8.52. The van der Waals surface area contributed by atoms with E-state index in [-0.39, 0.29) is 80.7 Å². The van der Waals surface area contributed by atoms with Crippen molar-refractivity contribution in [1.82, 2.24) is 0 Å². The predicted octanol–water partition coefficient (Wildman–Crippen LogP) is 3.13. The third kappa shape index (κ3) is 16.0. The molecule has 0 nitrogen and oxygen atoms in total. The number of hydrogen-bond donors (Lipinski definition) is 0. The second kappa shape index (κ2) is 23.3. The summed E-state index contributed by atoms with van der Waals surface area (Å²) in [4.78, 5) is 0. The summed E-state index contributed by atoms with van der Waals surface area (Å²) in [5, 5.41) is 5.36. The molecule has 0 aromatic heterocycles. The van der Waals surface area contributed by atoms with Crippen LogP contribution in [-0.2, 0) is 32.2 Å². The molecule has 5 heteroatoms. The van der Waals surface area contributed by atoms with Crippen LogP contribution in [0.1, 0.15) is 5.56 Å². The summed E-state index contributed by atoms with van der Waals surface area (Å²) >= 11 is 0. The smallest absolute Gasteiger partial charge is 0.0362 e. The molecule has 0 saturated heterocycles. The summed E-state index contributed by atoms with van der Waals surface area (Å²) in [7, 11) is 0.222. The third-order valence-electron chi connectivity index (χ3n) is 4.01. The fourth-order valence-corrected chi connectivity index (χ4v) is 4.50. The van der Waals surface area contributed by atoms with E-state index >= 15 is 0 Å². The molecule has 188 valence electrons. The second-order valence-corrected chi connectivity index (χ2v) is 14.3. The Morgan fingerprint density at radius 2 is 1.33 bits per heavy atom. The maximum absolute atomic E-state index is 2.40. The standard InChI is InChI=1S/C13H9.C9H15Si.C2H6Si.4CH3.2ClH.Zr/c1-2-6-12-10(4-1)8-9-11-5-3-7-13(11)12;1-10(2,3)8-9-6-4-5-7-9;1-3-2;;;;;;;/h1-9H;4-7H,8H2,1-3H3;1-2H3;4*1H3;2*1H;/q2*-1;;4*-1;;;/p-2. The van der Waals surface area contributed by atoms with E-state index in [0.717, 1.165) is 9.52 Å². The number of halogens is 2. The van der Waals surface area contributed by atoms with Gasteiger partial charge in [-0.15, -0.1) is 22.9 Å². The van der Waals surface area contributed by atoms with Crippen LogP contribution in [0.3, 0.4) is 0 Å². The summed E-state index contributed by atoms with van der Waals surface area (Å²) in [5.74, 6) is 0. The molecule has 0 atom stereocenters. The van der Waals surface area contributed by atoms with Gasteiger partial charge in [0.05, 0.1) is 0 Å². The van der Waals surface area contributed by atoms with Gasteiger partial charge >= 0.3 is 0 Å². The first kappa shape index (κ1) is 46.0. The summed E-state index contributed by atoms with van der Waals surface area (Å²) < 4.78 is 0. The number of rotatable bonds is 2. The van der Waals surface area contributed by atoms with Crippen molar-refractivity contribution in [2.75, 3.05) is 0 Å². The van der Waals surface area contributed by atoms with Crippen LogP contribution in [0.5, 0.6) is 0 Å². The summed E-state index contributed by atoms with van der Waals surface area (Å²) in [6.07, 6.45) is 0. The quantitative estimate of drug-likeness (QED) is 0.247. The minimum absolute atomic E-state index is 0. The Morgan fingerprint density at radius 1 is 0.758 bits per heavy atom. The zero-order valence-electron chi connectivity index (χ0n) is 22.0. The van der Waals surface area contributed by atoms with Crippen molar-refractivity contribution in [2.24, 2.45) is 0 Å². The van der Waals surface area contributed by atoms with E-state index in [1.54, 1.807) is 0 Å². The van der Waals surface area contributed by atoms with Gasteiger partial charge in [0.2, 0.25) is 0 Å². The van der Waals surface area contributed by atoms with Gasteiger partial charge in [-0.25, -0.2) is 11.6 Å². The van der Waals surface area contributed by atoms with Crippen LogP contribution in [0.25, 0.3) is 21.5 Å². The third-order valence-corrected chi connectivity index (χ3v) is 5.48. The Hall–Kier alpha value is -0.443. The molecule has 0 heterocycles. The largest absolute Gasteiger partial charge is 1.00 e. The van der Waals surface area contributed by atoms with Crippen molar-refractivity contribution in [2.45, 2.75) is 38.8 Å². The van der Waals surface area contributed by atoms with Gasteiger partial charge in [0, 0.05) is 43.8 Å². The van der Waals surface area contributed by atoms with Crippen molar-refractivity contribution in [3.63, 3.8) is 0 Å². The van der Waals surface area contributed by atoms with Crippen LogP contribution >= 0.6 is 0 Å². The van der Waals surface area contributed by atoms with Crippen LogP contribution < -0.4 is 24.8 Å². The number of benzene rings is 2. The van der Waals surface area contributed by atoms with E-state index in [1.165, 1.54) is 33.2 Å². The van der Waals surface area contributed by atoms with Crippen molar-refractivity contribution in [3.05, 3.63) is 114 Å². The van der Waals surface area contributed by atoms with E-state index < -0.39 is 8.07 Å². The van der Waals surface area contributed by atoms with Crippen LogP contribution in [0.15, 0.2) is 78.9 Å². The van der Waals surface area contributed by atoms with Crippen LogP contribution in [0.2, 0.25) is 32.7 Å². The van der Waals surface area contributed by atoms with Crippen LogP contribution in [-0.4, -0.2) is 17.6 Å². The fraction of sp³-hybridized carbons (Fsp3) is 0.214. The maximum Gasteiger partial charge on any atom is 0.0362 e. The Bertz CT molecular complexity index is 910. The molecule has 0 spiro atoms. The average molecular weight is 597 g/mol. The molecule has 33 heavy (non-hydrogen) atoms. The minimum atomic E-state index is -0.862. The van der Waals surface area contributed by atoms with Gasteiger partial charge in [-0.2, -0.15) is 30.3 Å². The molecule has 0 saturated carbocycles. The van der Waals surface area contributed by atoms with E-state index in [4.69, 9.17) is 0 Å². The fourth-order valence-electron chi connectivity index (χ4n) is 3.04. The molecule has 4 rings (SSSR count). The van der Waals surface area contributed by atoms with Crippen molar-refractivity contribution in [1.29, 1.82) is 0 Å². The number of hydrogen-bond acceptors (Lipinski definition) is 0. The Labute approximate surface area is 241 Å². The molecule has 0 fully saturated rings. The summed E-state index contributed by atoms with van der Waals surface area (Å²) in [6, 6.07) is 29.3. The first-order valence-corrected chi connectivity index (χ1v) is 15.0. The van der Waals surface area contributed by atoms with Gasteiger partial charge in [-0.3, -0.25) is 0 Å². The van der Waals surface area contributed by atoms with E-state index in [1.807, 2.05) is 0 Å². The molecule has 0 amide bonds. The zero-order chi connectivity index (χ0) is 19.0. The molecule has 0 aliphatic carbocycles. The molecule has 0 bridgehead atoms. The SMILES string of the molecule is C[Si](C)(C)Cc1cc[cH-]c1.C[Si]C.[CH3-].[CH3-].[CH3-].[CH3-].[Cl-].[Cl-].[Zr].c1ccc2c(c1)ccc1[cH-]ccc12. The van der Waals surface area contributed by atoms with E-state index in [9.17, 15) is 0 Å². The second-order valence-electron chi connectivity index (χ2n) is 7.85. The zero-order valence-corrected chi connectivity index (χ0v) is 27.9.